The zero-order chi connectivity index (χ0) is 18.6. The first-order valence-corrected chi connectivity index (χ1v) is 11.4. The fraction of sp³-hybridized carbons (Fsp3) is 0.760. The Balaban J connectivity index is 1.72. The molecule has 0 bridgehead atoms. The maximum absolute atomic E-state index is 10.9. The monoisotopic (exact) mass is 356 g/mol. The minimum Gasteiger partial charge on any atom is -0.508 e. The highest BCUT2D eigenvalue weighted by molar-refractivity contribution is 5.42. The van der Waals surface area contributed by atoms with Crippen molar-refractivity contribution < 1.29 is 5.11 Å². The van der Waals surface area contributed by atoms with Crippen molar-refractivity contribution in [3.05, 3.63) is 29.3 Å². The Morgan fingerprint density at radius 2 is 1.73 bits per heavy atom. The average molecular weight is 357 g/mol. The molecule has 1 aromatic carbocycles. The Bertz CT molecular complexity index is 572. The van der Waals surface area contributed by atoms with Crippen LogP contribution in [0.15, 0.2) is 18.2 Å². The molecule has 0 spiro atoms. The average Bonchev–Trinajstić information content (AvgIpc) is 2.65. The van der Waals surface area contributed by atoms with Crippen LogP contribution in [0.1, 0.15) is 115 Å². The summed E-state index contributed by atoms with van der Waals surface area (Å²) in [6, 6.07) is 6.70. The predicted molar refractivity (Wildman–Crippen MR) is 112 cm³/mol. The van der Waals surface area contributed by atoms with E-state index < -0.39 is 0 Å². The summed E-state index contributed by atoms with van der Waals surface area (Å²) in [6.45, 7) is 6.94. The van der Waals surface area contributed by atoms with Crippen molar-refractivity contribution in [1.29, 1.82) is 0 Å². The van der Waals surface area contributed by atoms with Gasteiger partial charge in [0.05, 0.1) is 0 Å². The van der Waals surface area contributed by atoms with Gasteiger partial charge in [0.2, 0.25) is 0 Å². The van der Waals surface area contributed by atoms with Crippen molar-refractivity contribution in [1.82, 2.24) is 0 Å². The lowest BCUT2D eigenvalue weighted by atomic mass is 9.63. The molecule has 0 amide bonds. The van der Waals surface area contributed by atoms with E-state index in [9.17, 15) is 5.11 Å². The number of hydrogen-bond acceptors (Lipinski definition) is 1. The van der Waals surface area contributed by atoms with Gasteiger partial charge in [-0.25, -0.2) is 0 Å². The van der Waals surface area contributed by atoms with Gasteiger partial charge in [-0.05, 0) is 59.6 Å². The molecule has 0 saturated heterocycles. The summed E-state index contributed by atoms with van der Waals surface area (Å²) < 4.78 is 0. The molecule has 3 rings (SSSR count). The van der Waals surface area contributed by atoms with Crippen LogP contribution < -0.4 is 0 Å². The Morgan fingerprint density at radius 1 is 0.962 bits per heavy atom. The summed E-state index contributed by atoms with van der Waals surface area (Å²) in [5, 5.41) is 10.9. The molecule has 2 aliphatic rings. The van der Waals surface area contributed by atoms with Crippen LogP contribution in [0.5, 0.6) is 5.75 Å². The van der Waals surface area contributed by atoms with Crippen LogP contribution in [0.4, 0.5) is 0 Å². The van der Waals surface area contributed by atoms with Crippen LogP contribution in [0.2, 0.25) is 0 Å². The lowest BCUT2D eigenvalue weighted by Crippen LogP contribution is -2.29. The number of fused-ring (bicyclic) bond motifs is 1. The van der Waals surface area contributed by atoms with E-state index in [2.05, 4.69) is 39.0 Å². The maximum Gasteiger partial charge on any atom is 0.119 e. The van der Waals surface area contributed by atoms with Crippen molar-refractivity contribution in [2.45, 2.75) is 109 Å². The van der Waals surface area contributed by atoms with E-state index in [1.165, 1.54) is 88.2 Å². The van der Waals surface area contributed by atoms with E-state index in [1.807, 2.05) is 0 Å². The molecule has 1 heteroatoms. The van der Waals surface area contributed by atoms with Crippen LogP contribution in [0, 0.1) is 11.8 Å². The molecule has 146 valence electrons. The Morgan fingerprint density at radius 3 is 2.50 bits per heavy atom. The van der Waals surface area contributed by atoms with Gasteiger partial charge in [0.1, 0.15) is 5.75 Å². The topological polar surface area (TPSA) is 20.2 Å². The van der Waals surface area contributed by atoms with Gasteiger partial charge in [-0.1, -0.05) is 90.7 Å². The molecule has 26 heavy (non-hydrogen) atoms. The van der Waals surface area contributed by atoms with Gasteiger partial charge in [0.15, 0.2) is 0 Å². The van der Waals surface area contributed by atoms with E-state index in [0.717, 1.165) is 11.8 Å². The van der Waals surface area contributed by atoms with Gasteiger partial charge >= 0.3 is 0 Å². The lowest BCUT2D eigenvalue weighted by molar-refractivity contribution is 0.143. The van der Waals surface area contributed by atoms with E-state index in [1.54, 1.807) is 0 Å². The fourth-order valence-corrected chi connectivity index (χ4v) is 5.74. The van der Waals surface area contributed by atoms with Crippen molar-refractivity contribution >= 4 is 0 Å². The van der Waals surface area contributed by atoms with Crippen molar-refractivity contribution in [2.75, 3.05) is 0 Å². The zero-order valence-corrected chi connectivity index (χ0v) is 17.4. The Hall–Kier alpha value is -0.980. The van der Waals surface area contributed by atoms with Crippen LogP contribution in [-0.2, 0) is 5.41 Å². The van der Waals surface area contributed by atoms with Crippen LogP contribution in [0.3, 0.4) is 0 Å². The van der Waals surface area contributed by atoms with Gasteiger partial charge in [0.25, 0.3) is 0 Å². The minimum absolute atomic E-state index is 0.156. The van der Waals surface area contributed by atoms with Crippen molar-refractivity contribution in [3.8, 4) is 5.75 Å². The van der Waals surface area contributed by atoms with Crippen LogP contribution in [-0.4, -0.2) is 5.11 Å². The molecule has 1 aromatic rings. The summed E-state index contributed by atoms with van der Waals surface area (Å²) in [7, 11) is 0. The van der Waals surface area contributed by atoms with E-state index in [0.29, 0.717) is 11.7 Å². The number of aromatic hydroxyl groups is 1. The molecule has 0 radical (unpaired) electrons. The van der Waals surface area contributed by atoms with Gasteiger partial charge < -0.3 is 5.11 Å². The normalized spacial score (nSPS) is 26.5. The Kier molecular flexibility index (Phi) is 6.70. The number of rotatable bonds is 7. The van der Waals surface area contributed by atoms with Crippen molar-refractivity contribution in [2.24, 2.45) is 11.8 Å². The second-order valence-electron chi connectivity index (χ2n) is 9.71. The SMILES string of the molecule is CCCCCCC(C)(C)c1ccc(C2CCCC3CCCCC32)c(O)c1. The smallest absolute Gasteiger partial charge is 0.119 e. The fourth-order valence-electron chi connectivity index (χ4n) is 5.74. The number of hydrogen-bond donors (Lipinski definition) is 1. The van der Waals surface area contributed by atoms with Gasteiger partial charge in [-0.2, -0.15) is 0 Å². The number of phenols is 1. The molecule has 1 nitrogen and oxygen atoms in total. The largest absolute Gasteiger partial charge is 0.508 e. The molecule has 2 aliphatic carbocycles. The minimum atomic E-state index is 0.156. The standard InChI is InChI=1S/C25H40O/c1-4-5-6-9-17-25(2,3)20-15-16-23(24(26)18-20)22-14-10-12-19-11-7-8-13-21(19)22/h15-16,18-19,21-22,26H,4-14,17H2,1-3H3. The molecule has 2 saturated carbocycles. The van der Waals surface area contributed by atoms with Gasteiger partial charge in [0, 0.05) is 0 Å². The maximum atomic E-state index is 10.9. The van der Waals surface area contributed by atoms with Crippen molar-refractivity contribution in [3.63, 3.8) is 0 Å². The van der Waals surface area contributed by atoms with E-state index in [-0.39, 0.29) is 5.41 Å². The predicted octanol–water partition coefficient (Wildman–Crippen LogP) is 7.71. The highest BCUT2D eigenvalue weighted by Crippen LogP contribution is 2.50. The third-order valence-corrected chi connectivity index (χ3v) is 7.44. The number of phenolic OH excluding ortho intramolecular Hbond substituents is 1. The summed E-state index contributed by atoms with van der Waals surface area (Å²) >= 11 is 0. The second-order valence-corrected chi connectivity index (χ2v) is 9.71. The third-order valence-electron chi connectivity index (χ3n) is 7.44. The first kappa shape index (κ1) is 19.8. The zero-order valence-electron chi connectivity index (χ0n) is 17.4. The summed E-state index contributed by atoms with van der Waals surface area (Å²) in [5.41, 5.74) is 2.71. The van der Waals surface area contributed by atoms with Gasteiger partial charge in [-0.3, -0.25) is 0 Å². The molecule has 0 aromatic heterocycles. The molecular formula is C25H40O. The second kappa shape index (κ2) is 8.81. The molecule has 0 heterocycles. The summed E-state index contributed by atoms with van der Waals surface area (Å²) in [4.78, 5) is 0. The van der Waals surface area contributed by atoms with Crippen LogP contribution in [0.25, 0.3) is 0 Å². The quantitative estimate of drug-likeness (QED) is 0.496. The highest BCUT2D eigenvalue weighted by Gasteiger charge is 2.36. The Labute approximate surface area is 161 Å². The highest BCUT2D eigenvalue weighted by atomic mass is 16.3. The van der Waals surface area contributed by atoms with Crippen LogP contribution >= 0.6 is 0 Å². The first-order chi connectivity index (χ1) is 12.5. The first-order valence-electron chi connectivity index (χ1n) is 11.4. The number of unbranched alkanes of at least 4 members (excludes halogenated alkanes) is 3. The molecule has 3 unspecified atom stereocenters. The molecular weight excluding hydrogens is 316 g/mol. The molecule has 2 fully saturated rings. The van der Waals surface area contributed by atoms with Gasteiger partial charge in [-0.15, -0.1) is 0 Å². The molecule has 0 aliphatic heterocycles. The number of benzene rings is 1. The van der Waals surface area contributed by atoms with E-state index >= 15 is 0 Å². The summed E-state index contributed by atoms with van der Waals surface area (Å²) in [5.74, 6) is 2.89. The third kappa shape index (κ3) is 4.46. The molecule has 1 N–H and O–H groups in total. The molecule has 3 atom stereocenters. The summed E-state index contributed by atoms with van der Waals surface area (Å²) in [6.07, 6.45) is 16.1. The lowest BCUT2D eigenvalue weighted by Gasteiger charge is -2.42. The van der Waals surface area contributed by atoms with E-state index in [4.69, 9.17) is 0 Å².